The molecule has 2 atom stereocenters. The van der Waals surface area contributed by atoms with Crippen LogP contribution in [0.15, 0.2) is 91.0 Å². The van der Waals surface area contributed by atoms with Crippen molar-refractivity contribution in [2.45, 2.75) is 25.4 Å². The normalized spacial score (nSPS) is 12.2. The maximum Gasteiger partial charge on any atom is 0.323 e. The van der Waals surface area contributed by atoms with E-state index in [0.29, 0.717) is 11.3 Å². The maximum absolute atomic E-state index is 13.2. The van der Waals surface area contributed by atoms with Gasteiger partial charge in [0, 0.05) is 11.3 Å². The Morgan fingerprint density at radius 1 is 0.833 bits per heavy atom. The number of ketones is 1. The van der Waals surface area contributed by atoms with E-state index in [4.69, 9.17) is 0 Å². The SMILES string of the molecule is C[C@H](NCC(=O)[C@H](Cc1ccccc1)NC(=O)c1ccccc1)C(=O)N(CC(=O)O)c1ccccc1. The van der Waals surface area contributed by atoms with Crippen molar-refractivity contribution < 1.29 is 24.3 Å². The number of benzene rings is 3. The van der Waals surface area contributed by atoms with E-state index in [1.54, 1.807) is 67.6 Å². The van der Waals surface area contributed by atoms with Crippen molar-refractivity contribution >= 4 is 29.3 Å². The van der Waals surface area contributed by atoms with Gasteiger partial charge in [-0.3, -0.25) is 29.4 Å². The Morgan fingerprint density at radius 3 is 1.97 bits per heavy atom. The number of anilines is 1. The van der Waals surface area contributed by atoms with E-state index >= 15 is 0 Å². The molecule has 3 aromatic carbocycles. The lowest BCUT2D eigenvalue weighted by Gasteiger charge is -2.25. The topological polar surface area (TPSA) is 116 Å². The first-order chi connectivity index (χ1) is 17.3. The number of para-hydroxylation sites is 1. The second kappa shape index (κ2) is 13.0. The van der Waals surface area contributed by atoms with Gasteiger partial charge in [-0.25, -0.2) is 0 Å². The minimum Gasteiger partial charge on any atom is -0.480 e. The van der Waals surface area contributed by atoms with Gasteiger partial charge in [0.15, 0.2) is 5.78 Å². The van der Waals surface area contributed by atoms with E-state index in [1.807, 2.05) is 30.3 Å². The second-order valence-corrected chi connectivity index (χ2v) is 8.30. The molecule has 8 nitrogen and oxygen atoms in total. The molecule has 3 aromatic rings. The van der Waals surface area contributed by atoms with Gasteiger partial charge < -0.3 is 10.4 Å². The van der Waals surface area contributed by atoms with Gasteiger partial charge in [-0.15, -0.1) is 0 Å². The summed E-state index contributed by atoms with van der Waals surface area (Å²) >= 11 is 0. The predicted molar refractivity (Wildman–Crippen MR) is 137 cm³/mol. The van der Waals surface area contributed by atoms with E-state index in [9.17, 15) is 24.3 Å². The van der Waals surface area contributed by atoms with Crippen LogP contribution in [0.5, 0.6) is 0 Å². The van der Waals surface area contributed by atoms with Crippen LogP contribution >= 0.6 is 0 Å². The number of nitrogens with one attached hydrogen (secondary N) is 2. The van der Waals surface area contributed by atoms with Crippen LogP contribution in [0.2, 0.25) is 0 Å². The average Bonchev–Trinajstić information content (AvgIpc) is 2.90. The van der Waals surface area contributed by atoms with E-state index in [1.165, 1.54) is 0 Å². The van der Waals surface area contributed by atoms with Crippen molar-refractivity contribution in [2.24, 2.45) is 0 Å². The fraction of sp³-hybridized carbons (Fsp3) is 0.214. The van der Waals surface area contributed by atoms with Crippen molar-refractivity contribution in [1.29, 1.82) is 0 Å². The molecule has 0 radical (unpaired) electrons. The smallest absolute Gasteiger partial charge is 0.323 e. The third kappa shape index (κ3) is 7.61. The van der Waals surface area contributed by atoms with Crippen LogP contribution in [-0.4, -0.2) is 53.8 Å². The van der Waals surface area contributed by atoms with E-state index < -0.39 is 30.5 Å². The van der Waals surface area contributed by atoms with Crippen LogP contribution in [0.1, 0.15) is 22.8 Å². The molecule has 0 aliphatic carbocycles. The zero-order valence-electron chi connectivity index (χ0n) is 20.0. The Balaban J connectivity index is 1.69. The Morgan fingerprint density at radius 2 is 1.39 bits per heavy atom. The number of nitrogens with zero attached hydrogens (tertiary/aromatic N) is 1. The van der Waals surface area contributed by atoms with Gasteiger partial charge in [-0.2, -0.15) is 0 Å². The average molecular weight is 488 g/mol. The van der Waals surface area contributed by atoms with Crippen molar-refractivity contribution in [3.05, 3.63) is 102 Å². The molecule has 0 bridgehead atoms. The zero-order chi connectivity index (χ0) is 25.9. The third-order valence-corrected chi connectivity index (χ3v) is 5.59. The third-order valence-electron chi connectivity index (χ3n) is 5.59. The lowest BCUT2D eigenvalue weighted by molar-refractivity contribution is -0.137. The molecular weight excluding hydrogens is 458 g/mol. The fourth-order valence-corrected chi connectivity index (χ4v) is 3.66. The molecule has 186 valence electrons. The highest BCUT2D eigenvalue weighted by Gasteiger charge is 2.26. The van der Waals surface area contributed by atoms with Crippen molar-refractivity contribution in [2.75, 3.05) is 18.0 Å². The van der Waals surface area contributed by atoms with Gasteiger partial charge in [0.1, 0.15) is 6.54 Å². The van der Waals surface area contributed by atoms with Gasteiger partial charge in [0.2, 0.25) is 5.91 Å². The van der Waals surface area contributed by atoms with Crippen LogP contribution in [-0.2, 0) is 20.8 Å². The van der Waals surface area contributed by atoms with Gasteiger partial charge in [0.25, 0.3) is 5.91 Å². The molecule has 0 unspecified atom stereocenters. The zero-order valence-corrected chi connectivity index (χ0v) is 20.0. The minimum atomic E-state index is -1.15. The standard InChI is InChI=1S/C28H29N3O5/c1-20(28(36)31(19-26(33)34)23-15-9-4-10-16-23)29-18-25(32)24(17-21-11-5-2-6-12-21)30-27(35)22-13-7-3-8-14-22/h2-16,20,24,29H,17-19H2,1H3,(H,30,35)(H,33,34)/t20-,24-/m0/s1. The quantitative estimate of drug-likeness (QED) is 0.362. The number of amides is 2. The molecule has 0 aliphatic heterocycles. The molecule has 0 spiro atoms. The van der Waals surface area contributed by atoms with Crippen LogP contribution in [0.3, 0.4) is 0 Å². The predicted octanol–water partition coefficient (Wildman–Crippen LogP) is 2.69. The highest BCUT2D eigenvalue weighted by molar-refractivity contribution is 6.01. The van der Waals surface area contributed by atoms with Crippen LogP contribution < -0.4 is 15.5 Å². The minimum absolute atomic E-state index is 0.185. The van der Waals surface area contributed by atoms with Gasteiger partial charge in [-0.05, 0) is 43.2 Å². The summed E-state index contributed by atoms with van der Waals surface area (Å²) in [4.78, 5) is 51.4. The molecule has 0 fully saturated rings. The van der Waals surface area contributed by atoms with Crippen LogP contribution in [0.25, 0.3) is 0 Å². The Labute approximate surface area is 209 Å². The van der Waals surface area contributed by atoms with Crippen LogP contribution in [0, 0.1) is 0 Å². The van der Waals surface area contributed by atoms with Gasteiger partial charge in [0.05, 0.1) is 18.6 Å². The van der Waals surface area contributed by atoms with Crippen molar-refractivity contribution in [3.8, 4) is 0 Å². The Bertz CT molecular complexity index is 1170. The molecule has 0 saturated carbocycles. The number of carbonyl (C=O) groups excluding carboxylic acids is 3. The molecule has 3 N–H and O–H groups in total. The number of carboxylic acids is 1. The molecule has 0 aliphatic rings. The first kappa shape index (κ1) is 26.3. The summed E-state index contributed by atoms with van der Waals surface area (Å²) < 4.78 is 0. The molecule has 8 heteroatoms. The van der Waals surface area contributed by atoms with Crippen LogP contribution in [0.4, 0.5) is 5.69 Å². The van der Waals surface area contributed by atoms with Gasteiger partial charge in [-0.1, -0.05) is 66.7 Å². The Kier molecular flexibility index (Phi) is 9.48. The summed E-state index contributed by atoms with van der Waals surface area (Å²) in [5.74, 6) is -2.30. The maximum atomic E-state index is 13.2. The number of Topliss-reactive ketones (excluding diaryl/α,β-unsaturated/α-hetero) is 1. The number of rotatable bonds is 12. The summed E-state index contributed by atoms with van der Waals surface area (Å²) in [7, 11) is 0. The first-order valence-electron chi connectivity index (χ1n) is 11.6. The summed E-state index contributed by atoms with van der Waals surface area (Å²) in [6, 6.07) is 24.8. The summed E-state index contributed by atoms with van der Waals surface area (Å²) in [6.45, 7) is 0.879. The fourth-order valence-electron chi connectivity index (χ4n) is 3.66. The molecule has 36 heavy (non-hydrogen) atoms. The number of aliphatic carboxylic acids is 1. The largest absolute Gasteiger partial charge is 0.480 e. The van der Waals surface area contributed by atoms with E-state index in [-0.39, 0.29) is 24.7 Å². The summed E-state index contributed by atoms with van der Waals surface area (Å²) in [5, 5.41) is 15.0. The number of hydrogen-bond acceptors (Lipinski definition) is 5. The summed E-state index contributed by atoms with van der Waals surface area (Å²) in [6.07, 6.45) is 0.289. The monoisotopic (exact) mass is 487 g/mol. The highest BCUT2D eigenvalue weighted by atomic mass is 16.4. The first-order valence-corrected chi connectivity index (χ1v) is 11.6. The molecule has 2 amide bonds. The highest BCUT2D eigenvalue weighted by Crippen LogP contribution is 2.14. The number of hydrogen-bond donors (Lipinski definition) is 3. The molecule has 0 aromatic heterocycles. The molecular formula is C28H29N3O5. The lowest BCUT2D eigenvalue weighted by Crippen LogP contribution is -2.51. The summed E-state index contributed by atoms with van der Waals surface area (Å²) in [5.41, 5.74) is 1.76. The lowest BCUT2D eigenvalue weighted by atomic mass is 10.0. The number of carboxylic acid groups (broad SMARTS) is 1. The molecule has 3 rings (SSSR count). The van der Waals surface area contributed by atoms with Gasteiger partial charge >= 0.3 is 5.97 Å². The molecule has 0 heterocycles. The molecule has 0 saturated heterocycles. The van der Waals surface area contributed by atoms with E-state index in [2.05, 4.69) is 10.6 Å². The van der Waals surface area contributed by atoms with Crippen molar-refractivity contribution in [3.63, 3.8) is 0 Å². The second-order valence-electron chi connectivity index (χ2n) is 8.30. The Hall–Kier alpha value is -4.30. The van der Waals surface area contributed by atoms with Crippen molar-refractivity contribution in [1.82, 2.24) is 10.6 Å². The number of carbonyl (C=O) groups is 4. The van der Waals surface area contributed by atoms with E-state index in [0.717, 1.165) is 10.5 Å².